The van der Waals surface area contributed by atoms with Crippen LogP contribution in [0.4, 0.5) is 5.69 Å². The number of hydrogen-bond donors (Lipinski definition) is 3. The van der Waals surface area contributed by atoms with Gasteiger partial charge in [-0.15, -0.1) is 11.6 Å². The fourth-order valence-corrected chi connectivity index (χ4v) is 1.82. The second-order valence-corrected chi connectivity index (χ2v) is 4.21. The van der Waals surface area contributed by atoms with E-state index >= 15 is 0 Å². The average molecular weight is 271 g/mol. The smallest absolute Gasteiger partial charge is 0.108 e. The lowest BCUT2D eigenvalue weighted by Gasteiger charge is -2.18. The summed E-state index contributed by atoms with van der Waals surface area (Å²) in [6.07, 6.45) is -2.30. The Kier molecular flexibility index (Phi) is 4.49. The number of benzene rings is 1. The molecule has 0 saturated carbocycles. The van der Waals surface area contributed by atoms with Crippen LogP contribution in [-0.2, 0) is 0 Å². The number of halogens is 3. The van der Waals surface area contributed by atoms with E-state index < -0.39 is 12.2 Å². The molecule has 0 saturated heterocycles. The molecule has 0 aromatic heterocycles. The SMILES string of the molecule is Nc1c(Cl)cc(Cl)cc1C(O)C(O)CCl. The van der Waals surface area contributed by atoms with Gasteiger partial charge in [0.05, 0.1) is 22.7 Å². The van der Waals surface area contributed by atoms with Gasteiger partial charge in [-0.3, -0.25) is 0 Å². The number of rotatable bonds is 3. The van der Waals surface area contributed by atoms with Crippen molar-refractivity contribution in [3.8, 4) is 0 Å². The van der Waals surface area contributed by atoms with Crippen molar-refractivity contribution in [2.24, 2.45) is 0 Å². The predicted octanol–water partition coefficient (Wildman–Crippen LogP) is 2.21. The summed E-state index contributed by atoms with van der Waals surface area (Å²) < 4.78 is 0. The molecule has 1 aromatic rings. The van der Waals surface area contributed by atoms with E-state index in [1.165, 1.54) is 12.1 Å². The van der Waals surface area contributed by atoms with E-state index in [0.29, 0.717) is 5.02 Å². The van der Waals surface area contributed by atoms with Crippen LogP contribution in [0.3, 0.4) is 0 Å². The van der Waals surface area contributed by atoms with Gasteiger partial charge in [0.2, 0.25) is 0 Å². The molecule has 0 heterocycles. The van der Waals surface area contributed by atoms with Gasteiger partial charge in [0.15, 0.2) is 0 Å². The van der Waals surface area contributed by atoms with Gasteiger partial charge in [0.1, 0.15) is 6.10 Å². The quantitative estimate of drug-likeness (QED) is 0.583. The first-order valence-corrected chi connectivity index (χ1v) is 5.43. The van der Waals surface area contributed by atoms with Crippen LogP contribution in [0.1, 0.15) is 11.7 Å². The van der Waals surface area contributed by atoms with E-state index in [9.17, 15) is 10.2 Å². The predicted molar refractivity (Wildman–Crippen MR) is 62.6 cm³/mol. The monoisotopic (exact) mass is 269 g/mol. The fraction of sp³-hybridized carbons (Fsp3) is 0.333. The number of aliphatic hydroxyl groups excluding tert-OH is 2. The van der Waals surface area contributed by atoms with E-state index in [1.807, 2.05) is 0 Å². The minimum absolute atomic E-state index is 0.106. The molecule has 0 aliphatic heterocycles. The fourth-order valence-electron chi connectivity index (χ4n) is 1.14. The summed E-state index contributed by atoms with van der Waals surface area (Å²) in [7, 11) is 0. The highest BCUT2D eigenvalue weighted by molar-refractivity contribution is 6.36. The van der Waals surface area contributed by atoms with Crippen molar-refractivity contribution in [2.45, 2.75) is 12.2 Å². The molecule has 0 radical (unpaired) electrons. The normalized spacial score (nSPS) is 15.0. The molecule has 0 spiro atoms. The van der Waals surface area contributed by atoms with Crippen molar-refractivity contribution in [1.82, 2.24) is 0 Å². The molecule has 2 unspecified atom stereocenters. The second-order valence-electron chi connectivity index (χ2n) is 3.06. The largest absolute Gasteiger partial charge is 0.397 e. The zero-order valence-corrected chi connectivity index (χ0v) is 9.89. The Labute approximate surface area is 102 Å². The molecule has 0 aliphatic carbocycles. The third-order valence-corrected chi connectivity index (χ3v) is 2.81. The summed E-state index contributed by atoms with van der Waals surface area (Å²) >= 11 is 16.9. The van der Waals surface area contributed by atoms with E-state index in [0.717, 1.165) is 0 Å². The molecular weight excluding hydrogens is 260 g/mol. The Morgan fingerprint density at radius 3 is 2.40 bits per heavy atom. The van der Waals surface area contributed by atoms with Crippen molar-refractivity contribution in [3.05, 3.63) is 27.7 Å². The minimum atomic E-state index is -1.20. The third kappa shape index (κ3) is 2.89. The molecule has 0 bridgehead atoms. The molecule has 0 fully saturated rings. The number of hydrogen-bond acceptors (Lipinski definition) is 3. The van der Waals surface area contributed by atoms with Gasteiger partial charge in [0.25, 0.3) is 0 Å². The first kappa shape index (κ1) is 12.9. The summed E-state index contributed by atoms with van der Waals surface area (Å²) in [6.45, 7) is 0. The summed E-state index contributed by atoms with van der Waals surface area (Å²) in [5, 5.41) is 19.6. The minimum Gasteiger partial charge on any atom is -0.397 e. The molecule has 0 amide bonds. The van der Waals surface area contributed by atoms with Crippen molar-refractivity contribution in [1.29, 1.82) is 0 Å². The maximum atomic E-state index is 9.69. The van der Waals surface area contributed by atoms with E-state index in [-0.39, 0.29) is 22.2 Å². The summed E-state index contributed by atoms with van der Waals surface area (Å²) in [4.78, 5) is 0. The lowest BCUT2D eigenvalue weighted by Crippen LogP contribution is -2.20. The zero-order valence-electron chi connectivity index (χ0n) is 7.62. The standard InChI is InChI=1S/C9H10Cl3NO2/c10-3-7(14)9(15)5-1-4(11)2-6(12)8(5)13/h1-2,7,9,14-15H,3,13H2. The van der Waals surface area contributed by atoms with Gasteiger partial charge in [-0.2, -0.15) is 0 Å². The molecule has 3 nitrogen and oxygen atoms in total. The molecule has 2 atom stereocenters. The van der Waals surface area contributed by atoms with Gasteiger partial charge >= 0.3 is 0 Å². The Bertz CT molecular complexity index is 359. The topological polar surface area (TPSA) is 66.5 Å². The Balaban J connectivity index is 3.13. The van der Waals surface area contributed by atoms with Crippen LogP contribution in [0, 0.1) is 0 Å². The molecule has 6 heteroatoms. The van der Waals surface area contributed by atoms with Crippen molar-refractivity contribution < 1.29 is 10.2 Å². The number of anilines is 1. The lowest BCUT2D eigenvalue weighted by atomic mass is 10.0. The lowest BCUT2D eigenvalue weighted by molar-refractivity contribution is 0.0332. The maximum Gasteiger partial charge on any atom is 0.108 e. The van der Waals surface area contributed by atoms with Crippen LogP contribution in [0.5, 0.6) is 0 Å². The molecule has 0 aliphatic rings. The zero-order chi connectivity index (χ0) is 11.6. The highest BCUT2D eigenvalue weighted by Gasteiger charge is 2.21. The highest BCUT2D eigenvalue weighted by Crippen LogP contribution is 2.32. The Hall–Kier alpha value is -0.190. The van der Waals surface area contributed by atoms with Crippen LogP contribution in [-0.4, -0.2) is 22.2 Å². The van der Waals surface area contributed by atoms with Gasteiger partial charge in [-0.05, 0) is 12.1 Å². The Morgan fingerprint density at radius 1 is 1.27 bits per heavy atom. The van der Waals surface area contributed by atoms with Gasteiger partial charge in [0, 0.05) is 10.6 Å². The summed E-state index contributed by atoms with van der Waals surface area (Å²) in [5.41, 5.74) is 6.11. The van der Waals surface area contributed by atoms with Gasteiger partial charge < -0.3 is 15.9 Å². The van der Waals surface area contributed by atoms with Crippen LogP contribution >= 0.6 is 34.8 Å². The van der Waals surface area contributed by atoms with Crippen LogP contribution < -0.4 is 5.73 Å². The van der Waals surface area contributed by atoms with Crippen molar-refractivity contribution in [3.63, 3.8) is 0 Å². The number of alkyl halides is 1. The molecule has 84 valence electrons. The van der Waals surface area contributed by atoms with Gasteiger partial charge in [-0.25, -0.2) is 0 Å². The van der Waals surface area contributed by atoms with E-state index in [4.69, 9.17) is 40.5 Å². The third-order valence-electron chi connectivity index (χ3n) is 1.97. The second kappa shape index (κ2) is 5.23. The number of nitrogen functional groups attached to an aromatic ring is 1. The molecule has 1 aromatic carbocycles. The first-order valence-electron chi connectivity index (χ1n) is 4.14. The molecule has 1 rings (SSSR count). The maximum absolute atomic E-state index is 9.69. The molecule has 15 heavy (non-hydrogen) atoms. The Morgan fingerprint density at radius 2 is 1.87 bits per heavy atom. The summed E-state index contributed by atoms with van der Waals surface area (Å²) in [6, 6.07) is 2.91. The summed E-state index contributed by atoms with van der Waals surface area (Å²) in [5.74, 6) is -0.106. The van der Waals surface area contributed by atoms with Crippen molar-refractivity contribution >= 4 is 40.5 Å². The van der Waals surface area contributed by atoms with Crippen LogP contribution in [0.15, 0.2) is 12.1 Å². The van der Waals surface area contributed by atoms with E-state index in [1.54, 1.807) is 0 Å². The number of nitrogens with two attached hydrogens (primary N) is 1. The van der Waals surface area contributed by atoms with Crippen LogP contribution in [0.2, 0.25) is 10.0 Å². The van der Waals surface area contributed by atoms with E-state index in [2.05, 4.69) is 0 Å². The molecular formula is C9H10Cl3NO2. The first-order chi connectivity index (χ1) is 6.97. The van der Waals surface area contributed by atoms with Gasteiger partial charge in [-0.1, -0.05) is 23.2 Å². The van der Waals surface area contributed by atoms with Crippen LogP contribution in [0.25, 0.3) is 0 Å². The highest BCUT2D eigenvalue weighted by atomic mass is 35.5. The van der Waals surface area contributed by atoms with Crippen molar-refractivity contribution in [2.75, 3.05) is 11.6 Å². The average Bonchev–Trinajstić information content (AvgIpc) is 2.21. The number of aliphatic hydroxyl groups is 2. The molecule has 4 N–H and O–H groups in total.